The van der Waals surface area contributed by atoms with Gasteiger partial charge in [0.1, 0.15) is 6.61 Å². The summed E-state index contributed by atoms with van der Waals surface area (Å²) in [4.78, 5) is 11.5. The molecule has 0 spiro atoms. The van der Waals surface area contributed by atoms with Gasteiger partial charge < -0.3 is 10.2 Å². The van der Waals surface area contributed by atoms with E-state index in [0.29, 0.717) is 5.92 Å². The van der Waals surface area contributed by atoms with Crippen LogP contribution in [-0.2, 0) is 4.79 Å². The number of rotatable bonds is 4. The van der Waals surface area contributed by atoms with Crippen molar-refractivity contribution < 1.29 is 15.0 Å². The maximum atomic E-state index is 11.5. The molecule has 0 aromatic heterocycles. The van der Waals surface area contributed by atoms with Crippen LogP contribution in [0.25, 0.3) is 0 Å². The fourth-order valence-electron chi connectivity index (χ4n) is 2.90. The van der Waals surface area contributed by atoms with Gasteiger partial charge >= 0.3 is 5.97 Å². The number of aliphatic carboxylic acids is 1. The lowest BCUT2D eigenvalue weighted by Gasteiger charge is -2.17. The fourth-order valence-corrected chi connectivity index (χ4v) is 2.90. The monoisotopic (exact) mass is 272 g/mol. The van der Waals surface area contributed by atoms with Crippen molar-refractivity contribution in [3.8, 4) is 11.8 Å². The summed E-state index contributed by atoms with van der Waals surface area (Å²) in [5.41, 5.74) is 1.65. The SMILES string of the molecule is O=C(O)C(CC1CCCC1)c1ccc(C#CCO)cc1. The van der Waals surface area contributed by atoms with Crippen molar-refractivity contribution in [3.05, 3.63) is 35.4 Å². The van der Waals surface area contributed by atoms with Crippen LogP contribution in [0.1, 0.15) is 49.1 Å². The van der Waals surface area contributed by atoms with Gasteiger partial charge in [0.15, 0.2) is 0 Å². The Morgan fingerprint density at radius 2 is 1.90 bits per heavy atom. The van der Waals surface area contributed by atoms with E-state index < -0.39 is 11.9 Å². The van der Waals surface area contributed by atoms with E-state index in [1.165, 1.54) is 12.8 Å². The number of benzene rings is 1. The molecule has 3 heteroatoms. The predicted octanol–water partition coefficient (Wildman–Crippen LogP) is 2.78. The molecule has 2 N–H and O–H groups in total. The number of carbonyl (C=O) groups is 1. The van der Waals surface area contributed by atoms with Crippen LogP contribution in [0.15, 0.2) is 24.3 Å². The van der Waals surface area contributed by atoms with Crippen LogP contribution in [0.4, 0.5) is 0 Å². The van der Waals surface area contributed by atoms with Gasteiger partial charge in [0.25, 0.3) is 0 Å². The lowest BCUT2D eigenvalue weighted by molar-refractivity contribution is -0.139. The highest BCUT2D eigenvalue weighted by Gasteiger charge is 2.26. The zero-order chi connectivity index (χ0) is 14.4. The van der Waals surface area contributed by atoms with E-state index in [0.717, 1.165) is 30.4 Å². The lowest BCUT2D eigenvalue weighted by Crippen LogP contribution is -2.15. The van der Waals surface area contributed by atoms with E-state index in [1.807, 2.05) is 24.3 Å². The predicted molar refractivity (Wildman–Crippen MR) is 77.4 cm³/mol. The molecule has 1 saturated carbocycles. The Hall–Kier alpha value is -1.79. The first-order valence-corrected chi connectivity index (χ1v) is 7.13. The van der Waals surface area contributed by atoms with Crippen molar-refractivity contribution in [2.24, 2.45) is 5.92 Å². The summed E-state index contributed by atoms with van der Waals surface area (Å²) >= 11 is 0. The quantitative estimate of drug-likeness (QED) is 0.829. The zero-order valence-electron chi connectivity index (χ0n) is 11.5. The second-order valence-electron chi connectivity index (χ2n) is 5.36. The van der Waals surface area contributed by atoms with E-state index in [9.17, 15) is 9.90 Å². The molecule has 0 radical (unpaired) electrons. The second-order valence-corrected chi connectivity index (χ2v) is 5.36. The van der Waals surface area contributed by atoms with Gasteiger partial charge in [-0.25, -0.2) is 0 Å². The van der Waals surface area contributed by atoms with Crippen LogP contribution < -0.4 is 0 Å². The first-order chi connectivity index (χ1) is 9.70. The van der Waals surface area contributed by atoms with E-state index in [2.05, 4.69) is 11.8 Å². The molecular weight excluding hydrogens is 252 g/mol. The maximum Gasteiger partial charge on any atom is 0.310 e. The summed E-state index contributed by atoms with van der Waals surface area (Å²) in [7, 11) is 0. The van der Waals surface area contributed by atoms with E-state index in [-0.39, 0.29) is 6.61 Å². The van der Waals surface area contributed by atoms with Gasteiger partial charge in [-0.3, -0.25) is 4.79 Å². The number of aliphatic hydroxyl groups is 1. The Balaban J connectivity index is 2.10. The summed E-state index contributed by atoms with van der Waals surface area (Å²) in [5, 5.41) is 18.1. The summed E-state index contributed by atoms with van der Waals surface area (Å²) in [6, 6.07) is 7.33. The summed E-state index contributed by atoms with van der Waals surface area (Å²) in [6.45, 7) is -0.165. The van der Waals surface area contributed by atoms with Crippen LogP contribution in [-0.4, -0.2) is 22.8 Å². The molecule has 1 unspecified atom stereocenters. The maximum absolute atomic E-state index is 11.5. The molecular formula is C17H20O3. The summed E-state index contributed by atoms with van der Waals surface area (Å²) in [5.74, 6) is 4.78. The van der Waals surface area contributed by atoms with Gasteiger partial charge in [-0.05, 0) is 30.0 Å². The molecule has 1 atom stereocenters. The number of carboxylic acids is 1. The number of hydrogen-bond donors (Lipinski definition) is 2. The molecule has 1 aliphatic rings. The molecule has 106 valence electrons. The van der Waals surface area contributed by atoms with Crippen molar-refractivity contribution in [1.82, 2.24) is 0 Å². The standard InChI is InChI=1S/C17H20O3/c18-11-3-6-13-7-9-15(10-8-13)16(17(19)20)12-14-4-1-2-5-14/h7-10,14,16,18H,1-2,4-5,11-12H2,(H,19,20). The fraction of sp³-hybridized carbons (Fsp3) is 0.471. The average Bonchev–Trinajstić information content (AvgIpc) is 2.96. The van der Waals surface area contributed by atoms with Gasteiger partial charge in [-0.2, -0.15) is 0 Å². The van der Waals surface area contributed by atoms with Crippen LogP contribution in [0.2, 0.25) is 0 Å². The molecule has 0 amide bonds. The minimum Gasteiger partial charge on any atom is -0.481 e. The molecule has 1 fully saturated rings. The number of aliphatic hydroxyl groups excluding tert-OH is 1. The largest absolute Gasteiger partial charge is 0.481 e. The molecule has 0 bridgehead atoms. The Morgan fingerprint density at radius 1 is 1.25 bits per heavy atom. The van der Waals surface area contributed by atoms with E-state index in [4.69, 9.17) is 5.11 Å². The highest BCUT2D eigenvalue weighted by atomic mass is 16.4. The molecule has 0 saturated heterocycles. The first kappa shape index (κ1) is 14.6. The van der Waals surface area contributed by atoms with E-state index in [1.54, 1.807) is 0 Å². The average molecular weight is 272 g/mol. The molecule has 3 nitrogen and oxygen atoms in total. The van der Waals surface area contributed by atoms with Crippen molar-refractivity contribution in [2.45, 2.75) is 38.0 Å². The summed E-state index contributed by atoms with van der Waals surface area (Å²) in [6.07, 6.45) is 5.50. The Morgan fingerprint density at radius 3 is 2.45 bits per heavy atom. The van der Waals surface area contributed by atoms with Crippen molar-refractivity contribution in [3.63, 3.8) is 0 Å². The third-order valence-corrected chi connectivity index (χ3v) is 3.97. The molecule has 1 aromatic carbocycles. The van der Waals surface area contributed by atoms with E-state index >= 15 is 0 Å². The molecule has 1 aromatic rings. The smallest absolute Gasteiger partial charge is 0.310 e. The van der Waals surface area contributed by atoms with Crippen LogP contribution >= 0.6 is 0 Å². The summed E-state index contributed by atoms with van der Waals surface area (Å²) < 4.78 is 0. The van der Waals surface area contributed by atoms with Crippen molar-refractivity contribution >= 4 is 5.97 Å². The van der Waals surface area contributed by atoms with Crippen LogP contribution in [0, 0.1) is 17.8 Å². The van der Waals surface area contributed by atoms with Gasteiger partial charge in [0.05, 0.1) is 5.92 Å². The van der Waals surface area contributed by atoms with Gasteiger partial charge in [-0.1, -0.05) is 49.7 Å². The lowest BCUT2D eigenvalue weighted by atomic mass is 9.87. The number of hydrogen-bond acceptors (Lipinski definition) is 2. The van der Waals surface area contributed by atoms with Crippen LogP contribution in [0.3, 0.4) is 0 Å². The molecule has 0 aliphatic heterocycles. The van der Waals surface area contributed by atoms with Gasteiger partial charge in [-0.15, -0.1) is 0 Å². The normalized spacial score (nSPS) is 16.4. The Kier molecular flexibility index (Phi) is 5.20. The third kappa shape index (κ3) is 3.85. The second kappa shape index (κ2) is 7.12. The molecule has 2 rings (SSSR count). The van der Waals surface area contributed by atoms with Crippen LogP contribution in [0.5, 0.6) is 0 Å². The minimum absolute atomic E-state index is 0.165. The molecule has 0 heterocycles. The first-order valence-electron chi connectivity index (χ1n) is 7.13. The third-order valence-electron chi connectivity index (χ3n) is 3.97. The topological polar surface area (TPSA) is 57.5 Å². The van der Waals surface area contributed by atoms with Gasteiger partial charge in [0.2, 0.25) is 0 Å². The van der Waals surface area contributed by atoms with Gasteiger partial charge in [0, 0.05) is 5.56 Å². The minimum atomic E-state index is -0.744. The highest BCUT2D eigenvalue weighted by Crippen LogP contribution is 2.34. The molecule has 1 aliphatic carbocycles. The zero-order valence-corrected chi connectivity index (χ0v) is 11.5. The Bertz CT molecular complexity index is 501. The Labute approximate surface area is 119 Å². The van der Waals surface area contributed by atoms with Crippen molar-refractivity contribution in [2.75, 3.05) is 6.61 Å². The highest BCUT2D eigenvalue weighted by molar-refractivity contribution is 5.76. The molecule has 20 heavy (non-hydrogen) atoms. The van der Waals surface area contributed by atoms with Crippen molar-refractivity contribution in [1.29, 1.82) is 0 Å². The number of carboxylic acid groups (broad SMARTS) is 1.